The smallest absolute Gasteiger partial charge is 0.311 e. The van der Waals surface area contributed by atoms with E-state index in [2.05, 4.69) is 12.1 Å². The first-order chi connectivity index (χ1) is 13.2. The molecule has 3 rings (SSSR count). The van der Waals surface area contributed by atoms with Crippen LogP contribution in [0.2, 0.25) is 0 Å². The quantitative estimate of drug-likeness (QED) is 0.179. The van der Waals surface area contributed by atoms with Gasteiger partial charge in [-0.05, 0) is 41.5 Å². The Balaban J connectivity index is 1.88. The molecule has 4 nitrogen and oxygen atoms in total. The zero-order chi connectivity index (χ0) is 19.1. The van der Waals surface area contributed by atoms with Crippen molar-refractivity contribution in [3.8, 4) is 0 Å². The van der Waals surface area contributed by atoms with Crippen molar-refractivity contribution in [3.63, 3.8) is 0 Å². The van der Waals surface area contributed by atoms with E-state index < -0.39 is 5.97 Å². The highest BCUT2D eigenvalue weighted by atomic mass is 32.2. The maximum atomic E-state index is 13.0. The first-order valence-corrected chi connectivity index (χ1v) is 10.2. The van der Waals surface area contributed by atoms with Crippen LogP contribution in [-0.4, -0.2) is 23.2 Å². The second kappa shape index (κ2) is 9.30. The maximum absolute atomic E-state index is 13.0. The molecule has 0 unspecified atom stereocenters. The van der Waals surface area contributed by atoms with Gasteiger partial charge in [0.25, 0.3) is 0 Å². The predicted octanol–water partition coefficient (Wildman–Crippen LogP) is 5.30. The molecule has 6 heteroatoms. The average Bonchev–Trinajstić information content (AvgIpc) is 3.24. The molecule has 0 fully saturated rings. The average molecular weight is 396 g/mol. The van der Waals surface area contributed by atoms with Crippen molar-refractivity contribution >= 4 is 40.6 Å². The van der Waals surface area contributed by atoms with E-state index in [0.717, 1.165) is 10.6 Å². The van der Waals surface area contributed by atoms with Gasteiger partial charge in [0.1, 0.15) is 4.88 Å². The number of hydrogen-bond acceptors (Lipinski definition) is 6. The van der Waals surface area contributed by atoms with E-state index in [0.29, 0.717) is 16.0 Å². The zero-order valence-corrected chi connectivity index (χ0v) is 16.3. The van der Waals surface area contributed by atoms with Gasteiger partial charge in [0, 0.05) is 16.0 Å². The second-order valence-corrected chi connectivity index (χ2v) is 7.73. The third-order valence-corrected chi connectivity index (χ3v) is 5.38. The van der Waals surface area contributed by atoms with Crippen molar-refractivity contribution in [1.82, 2.24) is 0 Å². The van der Waals surface area contributed by atoms with Gasteiger partial charge in [0.15, 0.2) is 5.71 Å². The normalized spacial score (nSPS) is 11.2. The largest absolute Gasteiger partial charge is 0.375 e. The van der Waals surface area contributed by atoms with Crippen molar-refractivity contribution in [2.24, 2.45) is 5.16 Å². The fourth-order valence-corrected chi connectivity index (χ4v) is 3.61. The Hall–Kier alpha value is -2.70. The third-order valence-electron chi connectivity index (χ3n) is 3.63. The molecule has 1 heterocycles. The van der Waals surface area contributed by atoms with E-state index in [9.17, 15) is 9.59 Å². The number of thioether (sulfide) groups is 1. The van der Waals surface area contributed by atoms with Crippen molar-refractivity contribution in [2.45, 2.75) is 11.8 Å². The minimum absolute atomic E-state index is 0.0939. The molecule has 0 radical (unpaired) electrons. The Kier molecular flexibility index (Phi) is 6.57. The van der Waals surface area contributed by atoms with Gasteiger partial charge < -0.3 is 4.84 Å². The monoisotopic (exact) mass is 395 g/mol. The lowest BCUT2D eigenvalue weighted by molar-refractivity contribution is 0.0522. The minimum Gasteiger partial charge on any atom is -0.311 e. The van der Waals surface area contributed by atoms with Gasteiger partial charge in [-0.15, -0.1) is 23.1 Å². The SMILES string of the molecule is CCSc1ccc(C(=O)/C(=N/OC(=O)c2cccs2)c2ccccc2)cc1. The fraction of sp³-hybridized carbons (Fsp3) is 0.0952. The predicted molar refractivity (Wildman–Crippen MR) is 110 cm³/mol. The number of rotatable bonds is 7. The van der Waals surface area contributed by atoms with Crippen molar-refractivity contribution in [3.05, 3.63) is 88.1 Å². The van der Waals surface area contributed by atoms with Crippen LogP contribution in [0.15, 0.2) is 82.2 Å². The highest BCUT2D eigenvalue weighted by molar-refractivity contribution is 7.99. The summed E-state index contributed by atoms with van der Waals surface area (Å²) in [6.45, 7) is 2.08. The molecule has 0 aliphatic heterocycles. The zero-order valence-electron chi connectivity index (χ0n) is 14.6. The topological polar surface area (TPSA) is 55.7 Å². The van der Waals surface area contributed by atoms with E-state index in [1.54, 1.807) is 65.7 Å². The van der Waals surface area contributed by atoms with Crippen molar-refractivity contribution < 1.29 is 14.4 Å². The highest BCUT2D eigenvalue weighted by Crippen LogP contribution is 2.19. The van der Waals surface area contributed by atoms with Crippen LogP contribution in [0, 0.1) is 0 Å². The van der Waals surface area contributed by atoms with Crippen molar-refractivity contribution in [1.29, 1.82) is 0 Å². The molecule has 0 saturated heterocycles. The standard InChI is InChI=1S/C21H17NO3S2/c1-2-26-17-12-10-16(11-13-17)20(23)19(15-7-4-3-5-8-15)22-25-21(24)18-9-6-14-27-18/h3-14H,2H2,1H3/b22-19+. The van der Waals surface area contributed by atoms with Gasteiger partial charge in [-0.2, -0.15) is 0 Å². The molecule has 0 bridgehead atoms. The van der Waals surface area contributed by atoms with Gasteiger partial charge in [0.2, 0.25) is 5.78 Å². The van der Waals surface area contributed by atoms with Crippen LogP contribution in [0.4, 0.5) is 0 Å². The number of nitrogens with zero attached hydrogens (tertiary/aromatic N) is 1. The van der Waals surface area contributed by atoms with Crippen LogP contribution in [0.3, 0.4) is 0 Å². The lowest BCUT2D eigenvalue weighted by atomic mass is 10.0. The Morgan fingerprint density at radius 2 is 1.70 bits per heavy atom. The van der Waals surface area contributed by atoms with Crippen molar-refractivity contribution in [2.75, 3.05) is 5.75 Å². The van der Waals surface area contributed by atoms with Crippen LogP contribution >= 0.6 is 23.1 Å². The van der Waals surface area contributed by atoms with Crippen LogP contribution in [0.1, 0.15) is 32.5 Å². The molecule has 3 aromatic rings. The number of carbonyl (C=O) groups is 2. The lowest BCUT2D eigenvalue weighted by Gasteiger charge is -2.06. The molecule has 0 N–H and O–H groups in total. The minimum atomic E-state index is -0.582. The molecule has 27 heavy (non-hydrogen) atoms. The summed E-state index contributed by atoms with van der Waals surface area (Å²) in [4.78, 5) is 31.6. The van der Waals surface area contributed by atoms with E-state index >= 15 is 0 Å². The Bertz CT molecular complexity index is 933. The number of carbonyl (C=O) groups excluding carboxylic acids is 2. The van der Waals surface area contributed by atoms with E-state index in [1.165, 1.54) is 11.3 Å². The second-order valence-electron chi connectivity index (χ2n) is 5.45. The van der Waals surface area contributed by atoms with Gasteiger partial charge >= 0.3 is 5.97 Å². The fourth-order valence-electron chi connectivity index (χ4n) is 2.35. The van der Waals surface area contributed by atoms with E-state index in [1.807, 2.05) is 18.2 Å². The molecule has 0 saturated carbocycles. The third kappa shape index (κ3) is 4.93. The number of oxime groups is 1. The summed E-state index contributed by atoms with van der Waals surface area (Å²) in [7, 11) is 0. The van der Waals surface area contributed by atoms with E-state index in [4.69, 9.17) is 4.84 Å². The summed E-state index contributed by atoms with van der Waals surface area (Å²) >= 11 is 2.96. The number of thiophene rings is 1. The van der Waals surface area contributed by atoms with Crippen LogP contribution < -0.4 is 0 Å². The van der Waals surface area contributed by atoms with Crippen LogP contribution in [0.5, 0.6) is 0 Å². The number of Topliss-reactive ketones (excluding diaryl/α,β-unsaturated/α-hetero) is 1. The molecule has 0 aliphatic rings. The molecule has 0 amide bonds. The summed E-state index contributed by atoms with van der Waals surface area (Å²) in [6.07, 6.45) is 0. The number of hydrogen-bond donors (Lipinski definition) is 0. The molecule has 136 valence electrons. The Labute approximate surface area is 165 Å². The lowest BCUT2D eigenvalue weighted by Crippen LogP contribution is -2.17. The van der Waals surface area contributed by atoms with Gasteiger partial charge in [-0.1, -0.05) is 48.5 Å². The van der Waals surface area contributed by atoms with E-state index in [-0.39, 0.29) is 11.5 Å². The summed E-state index contributed by atoms with van der Waals surface area (Å²) < 4.78 is 0. The molecule has 0 aliphatic carbocycles. The highest BCUT2D eigenvalue weighted by Gasteiger charge is 2.19. The summed E-state index contributed by atoms with van der Waals surface area (Å²) in [5.41, 5.74) is 1.18. The molecular weight excluding hydrogens is 378 g/mol. The number of ketones is 1. The molecule has 0 atom stereocenters. The summed E-state index contributed by atoms with van der Waals surface area (Å²) in [5.74, 6) is 0.0806. The number of benzene rings is 2. The molecule has 2 aromatic carbocycles. The first kappa shape index (κ1) is 19.1. The Morgan fingerprint density at radius 3 is 2.33 bits per heavy atom. The maximum Gasteiger partial charge on any atom is 0.375 e. The Morgan fingerprint density at radius 1 is 0.963 bits per heavy atom. The molecule has 0 spiro atoms. The summed E-state index contributed by atoms with van der Waals surface area (Å²) in [5, 5.41) is 5.68. The summed E-state index contributed by atoms with van der Waals surface area (Å²) in [6, 6.07) is 19.7. The van der Waals surface area contributed by atoms with Gasteiger partial charge in [-0.25, -0.2) is 4.79 Å². The van der Waals surface area contributed by atoms with Gasteiger partial charge in [0.05, 0.1) is 0 Å². The molecular formula is C21H17NO3S2. The first-order valence-electron chi connectivity index (χ1n) is 8.35. The molecule has 1 aromatic heterocycles. The van der Waals surface area contributed by atoms with Crippen LogP contribution in [-0.2, 0) is 4.84 Å². The van der Waals surface area contributed by atoms with Gasteiger partial charge in [-0.3, -0.25) is 4.79 Å². The van der Waals surface area contributed by atoms with Crippen LogP contribution in [0.25, 0.3) is 0 Å².